The first-order chi connectivity index (χ1) is 13.7. The van der Waals surface area contributed by atoms with Gasteiger partial charge in [0.15, 0.2) is 0 Å². The molecule has 4 heteroatoms. The summed E-state index contributed by atoms with van der Waals surface area (Å²) in [4.78, 5) is 16.2. The lowest BCUT2D eigenvalue weighted by molar-refractivity contribution is -0.122. The van der Waals surface area contributed by atoms with E-state index >= 15 is 0 Å². The number of likely N-dealkylation sites (N-methyl/N-ethyl adjacent to an activating group) is 1. The van der Waals surface area contributed by atoms with Gasteiger partial charge in [-0.3, -0.25) is 4.79 Å². The highest BCUT2D eigenvalue weighted by molar-refractivity contribution is 5.83. The van der Waals surface area contributed by atoms with Gasteiger partial charge in [-0.15, -0.1) is 0 Å². The number of hydrogen-bond acceptors (Lipinski definition) is 3. The van der Waals surface area contributed by atoms with Gasteiger partial charge in [-0.25, -0.2) is 4.98 Å². The van der Waals surface area contributed by atoms with Crippen LogP contribution in [0.3, 0.4) is 0 Å². The zero-order valence-corrected chi connectivity index (χ0v) is 16.0. The normalized spacial score (nSPS) is 11.1. The molecule has 0 saturated carbocycles. The third-order valence-electron chi connectivity index (χ3n) is 4.21. The molecule has 28 heavy (non-hydrogen) atoms. The highest BCUT2D eigenvalue weighted by atomic mass is 16.5. The van der Waals surface area contributed by atoms with Crippen molar-refractivity contribution in [2.45, 2.75) is 19.8 Å². The Labute approximate surface area is 165 Å². The fourth-order valence-electron chi connectivity index (χ4n) is 2.60. The smallest absolute Gasteiger partial charge is 0.227 e. The number of amides is 1. The summed E-state index contributed by atoms with van der Waals surface area (Å²) in [6.07, 6.45) is 1.69. The van der Waals surface area contributed by atoms with Gasteiger partial charge in [0, 0.05) is 29.9 Å². The molecule has 1 atom stereocenters. The summed E-state index contributed by atoms with van der Waals surface area (Å²) in [5.74, 6) is 7.35. The van der Waals surface area contributed by atoms with Gasteiger partial charge < -0.3 is 10.1 Å². The maximum absolute atomic E-state index is 11.9. The Balaban J connectivity index is 1.64. The Morgan fingerprint density at radius 3 is 2.32 bits per heavy atom. The molecule has 2 aromatic carbocycles. The van der Waals surface area contributed by atoms with Crippen LogP contribution in [0, 0.1) is 11.8 Å². The van der Waals surface area contributed by atoms with E-state index in [1.807, 2.05) is 74.5 Å². The van der Waals surface area contributed by atoms with Gasteiger partial charge in [-0.1, -0.05) is 42.2 Å². The molecule has 3 rings (SSSR count). The number of para-hydroxylation sites is 1. The minimum atomic E-state index is -0.177. The summed E-state index contributed by atoms with van der Waals surface area (Å²) in [7, 11) is 0. The Kier molecular flexibility index (Phi) is 6.43. The van der Waals surface area contributed by atoms with E-state index in [-0.39, 0.29) is 11.8 Å². The summed E-state index contributed by atoms with van der Waals surface area (Å²) < 4.78 is 5.68. The minimum absolute atomic E-state index is 0.0326. The Hall–Kier alpha value is -3.58. The zero-order valence-electron chi connectivity index (χ0n) is 16.0. The summed E-state index contributed by atoms with van der Waals surface area (Å²) in [6.45, 7) is 4.45. The van der Waals surface area contributed by atoms with Gasteiger partial charge in [-0.05, 0) is 49.7 Å². The number of aromatic nitrogens is 1. The average molecular weight is 370 g/mol. The first-order valence-electron chi connectivity index (χ1n) is 9.24. The minimum Gasteiger partial charge on any atom is -0.439 e. The van der Waals surface area contributed by atoms with E-state index in [1.165, 1.54) is 0 Å². The molecule has 1 unspecified atom stereocenters. The summed E-state index contributed by atoms with van der Waals surface area (Å²) in [5.41, 5.74) is 2.66. The molecule has 0 spiro atoms. The van der Waals surface area contributed by atoms with E-state index in [2.05, 4.69) is 22.1 Å². The molecule has 0 saturated heterocycles. The summed E-state index contributed by atoms with van der Waals surface area (Å²) in [5, 5.41) is 2.84. The van der Waals surface area contributed by atoms with Crippen molar-refractivity contribution in [1.82, 2.24) is 10.3 Å². The van der Waals surface area contributed by atoms with Gasteiger partial charge in [0.2, 0.25) is 11.8 Å². The van der Waals surface area contributed by atoms with Crippen LogP contribution < -0.4 is 10.1 Å². The molecule has 1 heterocycles. The Morgan fingerprint density at radius 1 is 1.00 bits per heavy atom. The fourth-order valence-corrected chi connectivity index (χ4v) is 2.60. The topological polar surface area (TPSA) is 51.2 Å². The molecular formula is C24H22N2O2. The highest BCUT2D eigenvalue weighted by Crippen LogP contribution is 2.18. The second-order valence-electron chi connectivity index (χ2n) is 6.29. The van der Waals surface area contributed by atoms with E-state index in [9.17, 15) is 4.79 Å². The standard InChI is InChI=1S/C24H22N2O2/c1-3-25-24(27)18(2)21-14-11-19(12-15-21)9-10-20-13-16-23(26-17-20)28-22-7-5-4-6-8-22/h4-8,11-18H,3H2,1-2H3,(H,25,27). The van der Waals surface area contributed by atoms with Gasteiger partial charge in [-0.2, -0.15) is 0 Å². The van der Waals surface area contributed by atoms with Crippen molar-refractivity contribution in [3.63, 3.8) is 0 Å². The third kappa shape index (κ3) is 5.21. The van der Waals surface area contributed by atoms with E-state index in [0.717, 1.165) is 22.4 Å². The number of carbonyl (C=O) groups is 1. The Bertz CT molecular complexity index is 969. The number of nitrogens with zero attached hydrogens (tertiary/aromatic N) is 1. The number of carbonyl (C=O) groups excluding carboxylic acids is 1. The van der Waals surface area contributed by atoms with E-state index in [0.29, 0.717) is 12.4 Å². The second kappa shape index (κ2) is 9.38. The molecule has 4 nitrogen and oxygen atoms in total. The molecule has 0 aliphatic heterocycles. The molecule has 3 aromatic rings. The molecule has 1 amide bonds. The largest absolute Gasteiger partial charge is 0.439 e. The van der Waals surface area contributed by atoms with Crippen LogP contribution in [0.4, 0.5) is 0 Å². The van der Waals surface area contributed by atoms with Crippen LogP contribution in [0.5, 0.6) is 11.6 Å². The third-order valence-corrected chi connectivity index (χ3v) is 4.21. The number of nitrogens with one attached hydrogen (secondary N) is 1. The lowest BCUT2D eigenvalue weighted by Gasteiger charge is -2.11. The predicted molar refractivity (Wildman–Crippen MR) is 110 cm³/mol. The van der Waals surface area contributed by atoms with E-state index in [1.54, 1.807) is 12.3 Å². The van der Waals surface area contributed by atoms with Gasteiger partial charge in [0.1, 0.15) is 5.75 Å². The maximum atomic E-state index is 11.9. The van der Waals surface area contributed by atoms with Crippen LogP contribution in [-0.4, -0.2) is 17.4 Å². The number of ether oxygens (including phenoxy) is 1. The molecule has 1 N–H and O–H groups in total. The molecule has 1 aromatic heterocycles. The van der Waals surface area contributed by atoms with Crippen LogP contribution in [0.2, 0.25) is 0 Å². The quantitative estimate of drug-likeness (QED) is 0.672. The SMILES string of the molecule is CCNC(=O)C(C)c1ccc(C#Cc2ccc(Oc3ccccc3)nc2)cc1. The second-order valence-corrected chi connectivity index (χ2v) is 6.29. The molecular weight excluding hydrogens is 348 g/mol. The van der Waals surface area contributed by atoms with Gasteiger partial charge in [0.25, 0.3) is 0 Å². The van der Waals surface area contributed by atoms with Crippen LogP contribution >= 0.6 is 0 Å². The number of rotatable bonds is 5. The van der Waals surface area contributed by atoms with Gasteiger partial charge in [0.05, 0.1) is 5.92 Å². The summed E-state index contributed by atoms with van der Waals surface area (Å²) >= 11 is 0. The van der Waals surface area contributed by atoms with E-state index < -0.39 is 0 Å². The Morgan fingerprint density at radius 2 is 1.68 bits per heavy atom. The van der Waals surface area contributed by atoms with Crippen molar-refractivity contribution in [3.8, 4) is 23.5 Å². The first-order valence-corrected chi connectivity index (χ1v) is 9.24. The van der Waals surface area contributed by atoms with Crippen molar-refractivity contribution in [3.05, 3.63) is 89.6 Å². The van der Waals surface area contributed by atoms with Crippen molar-refractivity contribution >= 4 is 5.91 Å². The van der Waals surface area contributed by atoms with Crippen LogP contribution in [-0.2, 0) is 4.79 Å². The lowest BCUT2D eigenvalue weighted by Crippen LogP contribution is -2.27. The molecule has 0 aliphatic carbocycles. The monoisotopic (exact) mass is 370 g/mol. The number of pyridine rings is 1. The molecule has 0 aliphatic rings. The van der Waals surface area contributed by atoms with Crippen molar-refractivity contribution in [1.29, 1.82) is 0 Å². The highest BCUT2D eigenvalue weighted by Gasteiger charge is 2.13. The number of hydrogen-bond donors (Lipinski definition) is 1. The van der Waals surface area contributed by atoms with Crippen LogP contribution in [0.25, 0.3) is 0 Å². The lowest BCUT2D eigenvalue weighted by atomic mass is 9.99. The van der Waals surface area contributed by atoms with Gasteiger partial charge >= 0.3 is 0 Å². The molecule has 140 valence electrons. The predicted octanol–water partition coefficient (Wildman–Crippen LogP) is 4.51. The number of benzene rings is 2. The molecule has 0 bridgehead atoms. The average Bonchev–Trinajstić information content (AvgIpc) is 2.74. The van der Waals surface area contributed by atoms with Crippen LogP contribution in [0.1, 0.15) is 36.5 Å². The van der Waals surface area contributed by atoms with Crippen molar-refractivity contribution < 1.29 is 9.53 Å². The maximum Gasteiger partial charge on any atom is 0.227 e. The first kappa shape index (κ1) is 19.2. The van der Waals surface area contributed by atoms with E-state index in [4.69, 9.17) is 4.74 Å². The summed E-state index contributed by atoms with van der Waals surface area (Å²) in [6, 6.07) is 20.9. The molecule has 0 radical (unpaired) electrons. The van der Waals surface area contributed by atoms with Crippen molar-refractivity contribution in [2.75, 3.05) is 6.54 Å². The van der Waals surface area contributed by atoms with Crippen molar-refractivity contribution in [2.24, 2.45) is 0 Å². The van der Waals surface area contributed by atoms with Crippen LogP contribution in [0.15, 0.2) is 72.9 Å². The fraction of sp³-hybridized carbons (Fsp3) is 0.167. The molecule has 0 fully saturated rings. The zero-order chi connectivity index (χ0) is 19.8.